The Balaban J connectivity index is 1.85. The summed E-state index contributed by atoms with van der Waals surface area (Å²) in [6, 6.07) is 12.1. The van der Waals surface area contributed by atoms with E-state index in [1.807, 2.05) is 0 Å². The summed E-state index contributed by atoms with van der Waals surface area (Å²) < 4.78 is 45.4. The molecule has 0 fully saturated rings. The molecule has 0 saturated heterocycles. The number of nitrogens with one attached hydrogen (secondary N) is 1. The van der Waals surface area contributed by atoms with E-state index in [4.69, 9.17) is 4.74 Å². The molecule has 2 aromatic rings. The van der Waals surface area contributed by atoms with Crippen molar-refractivity contribution in [2.75, 3.05) is 13.2 Å². The zero-order chi connectivity index (χ0) is 15.3. The lowest BCUT2D eigenvalue weighted by molar-refractivity contribution is 0.322. The van der Waals surface area contributed by atoms with Crippen LogP contribution in [0.15, 0.2) is 53.4 Å². The molecule has 0 atom stereocenters. The number of benzene rings is 2. The minimum atomic E-state index is -3.53. The first-order valence-electron chi connectivity index (χ1n) is 6.11. The van der Waals surface area contributed by atoms with Crippen molar-refractivity contribution in [3.8, 4) is 5.75 Å². The molecule has 0 aromatic heterocycles. The Morgan fingerprint density at radius 3 is 2.29 bits per heavy atom. The quantitative estimate of drug-likeness (QED) is 0.577. The highest BCUT2D eigenvalue weighted by Crippen LogP contribution is 2.12. The summed E-state index contributed by atoms with van der Waals surface area (Å²) in [5.41, 5.74) is 0. The van der Waals surface area contributed by atoms with Crippen LogP contribution in [0.3, 0.4) is 0 Å². The molecule has 112 valence electrons. The van der Waals surface area contributed by atoms with Crippen molar-refractivity contribution in [1.82, 2.24) is 4.72 Å². The fourth-order valence-corrected chi connectivity index (χ4v) is 2.95. The number of halogens is 2. The Morgan fingerprint density at radius 1 is 1.05 bits per heavy atom. The molecule has 0 aliphatic rings. The van der Waals surface area contributed by atoms with Crippen molar-refractivity contribution < 1.29 is 17.5 Å². The van der Waals surface area contributed by atoms with E-state index in [0.717, 1.165) is 3.57 Å². The molecular weight excluding hydrogens is 408 g/mol. The summed E-state index contributed by atoms with van der Waals surface area (Å²) in [6.07, 6.45) is 0. The Morgan fingerprint density at radius 2 is 1.67 bits per heavy atom. The van der Waals surface area contributed by atoms with Crippen LogP contribution in [-0.2, 0) is 10.0 Å². The lowest BCUT2D eigenvalue weighted by Gasteiger charge is -2.08. The van der Waals surface area contributed by atoms with Gasteiger partial charge in [-0.1, -0.05) is 0 Å². The second-order valence-electron chi connectivity index (χ2n) is 4.15. The van der Waals surface area contributed by atoms with Gasteiger partial charge in [0, 0.05) is 10.1 Å². The van der Waals surface area contributed by atoms with E-state index < -0.39 is 10.0 Å². The molecule has 0 amide bonds. The largest absolute Gasteiger partial charge is 0.492 e. The van der Waals surface area contributed by atoms with Gasteiger partial charge in [-0.3, -0.25) is 0 Å². The van der Waals surface area contributed by atoms with Crippen LogP contribution in [0.25, 0.3) is 0 Å². The van der Waals surface area contributed by atoms with Crippen LogP contribution in [-0.4, -0.2) is 21.6 Å². The first kappa shape index (κ1) is 16.2. The average Bonchev–Trinajstić information content (AvgIpc) is 2.46. The zero-order valence-corrected chi connectivity index (χ0v) is 13.9. The molecule has 0 aliphatic carbocycles. The molecule has 0 spiro atoms. The van der Waals surface area contributed by atoms with E-state index >= 15 is 0 Å². The summed E-state index contributed by atoms with van der Waals surface area (Å²) in [5, 5.41) is 0. The SMILES string of the molecule is O=S(=O)(NCCOc1ccc(F)cc1)c1ccc(I)cc1. The normalized spacial score (nSPS) is 11.3. The van der Waals surface area contributed by atoms with Crippen molar-refractivity contribution >= 4 is 32.6 Å². The predicted molar refractivity (Wildman–Crippen MR) is 86.2 cm³/mol. The monoisotopic (exact) mass is 421 g/mol. The van der Waals surface area contributed by atoms with Crippen molar-refractivity contribution in [2.45, 2.75) is 4.90 Å². The van der Waals surface area contributed by atoms with E-state index in [2.05, 4.69) is 27.3 Å². The topological polar surface area (TPSA) is 55.4 Å². The Kier molecular flexibility index (Phi) is 5.54. The van der Waals surface area contributed by atoms with Crippen LogP contribution >= 0.6 is 22.6 Å². The van der Waals surface area contributed by atoms with Crippen molar-refractivity contribution in [1.29, 1.82) is 0 Å². The van der Waals surface area contributed by atoms with Crippen molar-refractivity contribution in [3.63, 3.8) is 0 Å². The van der Waals surface area contributed by atoms with E-state index in [9.17, 15) is 12.8 Å². The Hall–Kier alpha value is -1.19. The number of hydrogen-bond donors (Lipinski definition) is 1. The third kappa shape index (κ3) is 4.94. The Labute approximate surface area is 136 Å². The first-order chi connectivity index (χ1) is 9.97. The van der Waals surface area contributed by atoms with E-state index in [1.165, 1.54) is 24.3 Å². The highest BCUT2D eigenvalue weighted by atomic mass is 127. The van der Waals surface area contributed by atoms with E-state index in [1.54, 1.807) is 24.3 Å². The molecule has 2 rings (SSSR count). The van der Waals surface area contributed by atoms with Crippen LogP contribution < -0.4 is 9.46 Å². The van der Waals surface area contributed by atoms with Gasteiger partial charge >= 0.3 is 0 Å². The molecule has 0 unspecified atom stereocenters. The molecule has 2 aromatic carbocycles. The van der Waals surface area contributed by atoms with Gasteiger partial charge in [0.1, 0.15) is 18.2 Å². The maximum Gasteiger partial charge on any atom is 0.240 e. The summed E-state index contributed by atoms with van der Waals surface area (Å²) in [5.74, 6) is 0.145. The van der Waals surface area contributed by atoms with Gasteiger partial charge in [-0.15, -0.1) is 0 Å². The zero-order valence-electron chi connectivity index (χ0n) is 10.9. The Bertz CT molecular complexity index is 687. The third-order valence-corrected chi connectivity index (χ3v) is 4.80. The van der Waals surface area contributed by atoms with Crippen LogP contribution in [0.1, 0.15) is 0 Å². The molecule has 0 heterocycles. The third-order valence-electron chi connectivity index (χ3n) is 2.60. The fraction of sp³-hybridized carbons (Fsp3) is 0.143. The van der Waals surface area contributed by atoms with Crippen molar-refractivity contribution in [2.24, 2.45) is 0 Å². The first-order valence-corrected chi connectivity index (χ1v) is 8.67. The van der Waals surface area contributed by atoms with Gasteiger partial charge in [0.25, 0.3) is 0 Å². The maximum absolute atomic E-state index is 12.7. The highest BCUT2D eigenvalue weighted by molar-refractivity contribution is 14.1. The van der Waals surface area contributed by atoms with Gasteiger partial charge in [0.05, 0.1) is 4.90 Å². The van der Waals surface area contributed by atoms with Crippen molar-refractivity contribution in [3.05, 3.63) is 57.9 Å². The van der Waals surface area contributed by atoms with E-state index in [-0.39, 0.29) is 23.9 Å². The summed E-state index contributed by atoms with van der Waals surface area (Å²) in [6.45, 7) is 0.293. The molecule has 7 heteroatoms. The second kappa shape index (κ2) is 7.19. The van der Waals surface area contributed by atoms with Gasteiger partial charge in [-0.05, 0) is 71.1 Å². The predicted octanol–water partition coefficient (Wildman–Crippen LogP) is 2.79. The summed E-state index contributed by atoms with van der Waals surface area (Å²) in [7, 11) is -3.53. The number of ether oxygens (including phenoxy) is 1. The fourth-order valence-electron chi connectivity index (χ4n) is 1.57. The number of sulfonamides is 1. The smallest absolute Gasteiger partial charge is 0.240 e. The molecule has 21 heavy (non-hydrogen) atoms. The molecular formula is C14H13FINO3S. The lowest BCUT2D eigenvalue weighted by Crippen LogP contribution is -2.28. The van der Waals surface area contributed by atoms with Gasteiger partial charge in [0.15, 0.2) is 0 Å². The summed E-state index contributed by atoms with van der Waals surface area (Å²) in [4.78, 5) is 0.213. The van der Waals surface area contributed by atoms with E-state index in [0.29, 0.717) is 5.75 Å². The van der Waals surface area contributed by atoms with Gasteiger partial charge < -0.3 is 4.74 Å². The number of rotatable bonds is 6. The molecule has 0 radical (unpaired) electrons. The average molecular weight is 421 g/mol. The lowest BCUT2D eigenvalue weighted by atomic mass is 10.3. The van der Waals surface area contributed by atoms with Crippen LogP contribution in [0.4, 0.5) is 4.39 Å². The van der Waals surface area contributed by atoms with Gasteiger partial charge in [-0.2, -0.15) is 0 Å². The number of hydrogen-bond acceptors (Lipinski definition) is 3. The minimum absolute atomic E-state index is 0.131. The molecule has 0 aliphatic heterocycles. The maximum atomic E-state index is 12.7. The molecule has 0 bridgehead atoms. The standard InChI is InChI=1S/C14H13FINO3S/c15-11-1-5-13(6-2-11)20-10-9-17-21(18,19)14-7-3-12(16)4-8-14/h1-8,17H,9-10H2. The second-order valence-corrected chi connectivity index (χ2v) is 7.17. The van der Waals surface area contributed by atoms with Crippen LogP contribution in [0.5, 0.6) is 5.75 Å². The van der Waals surface area contributed by atoms with Gasteiger partial charge in [0.2, 0.25) is 10.0 Å². The summed E-state index contributed by atoms with van der Waals surface area (Å²) >= 11 is 2.11. The van der Waals surface area contributed by atoms with Crippen LogP contribution in [0.2, 0.25) is 0 Å². The minimum Gasteiger partial charge on any atom is -0.492 e. The molecule has 1 N–H and O–H groups in total. The molecule has 4 nitrogen and oxygen atoms in total. The highest BCUT2D eigenvalue weighted by Gasteiger charge is 2.12. The van der Waals surface area contributed by atoms with Gasteiger partial charge in [-0.25, -0.2) is 17.5 Å². The van der Waals surface area contributed by atoms with Crippen LogP contribution in [0, 0.1) is 9.39 Å². The molecule has 0 saturated carbocycles.